The van der Waals surface area contributed by atoms with Crippen LogP contribution < -0.4 is 16.4 Å². The molecule has 7 nitrogen and oxygen atoms in total. The first kappa shape index (κ1) is 16.4. The Morgan fingerprint density at radius 1 is 1.33 bits per heavy atom. The van der Waals surface area contributed by atoms with Crippen molar-refractivity contribution in [2.45, 2.75) is 20.0 Å². The number of anilines is 1. The number of urea groups is 1. The molecule has 1 atom stereocenters. The largest absolute Gasteiger partial charge is 0.449 e. The number of rotatable bonds is 3. The Hall–Kier alpha value is -2.64. The fourth-order valence-corrected chi connectivity index (χ4v) is 1.50. The Morgan fingerprint density at radius 2 is 1.95 bits per heavy atom. The molecule has 0 fully saturated rings. The molecule has 0 aliphatic rings. The Balaban J connectivity index is 2.82. The first-order chi connectivity index (χ1) is 9.76. The number of ether oxygens (including phenoxy) is 1. The monoisotopic (exact) mass is 297 g/mol. The van der Waals surface area contributed by atoms with E-state index in [1.165, 1.54) is 27.0 Å². The average molecular weight is 297 g/mol. The third-order valence-corrected chi connectivity index (χ3v) is 2.61. The number of carbonyl (C=O) groups is 3. The molecule has 3 amide bonds. The summed E-state index contributed by atoms with van der Waals surface area (Å²) < 4.78 is 18.6. The van der Waals surface area contributed by atoms with Crippen molar-refractivity contribution < 1.29 is 23.5 Å². The molecule has 0 aromatic heterocycles. The van der Waals surface area contributed by atoms with Crippen LogP contribution in [-0.2, 0) is 9.53 Å². The van der Waals surface area contributed by atoms with Gasteiger partial charge in [0.15, 0.2) is 6.10 Å². The molecule has 1 rings (SSSR count). The summed E-state index contributed by atoms with van der Waals surface area (Å²) in [5, 5.41) is 4.11. The highest BCUT2D eigenvalue weighted by molar-refractivity contribution is 5.98. The van der Waals surface area contributed by atoms with Crippen molar-refractivity contribution in [1.82, 2.24) is 10.6 Å². The van der Waals surface area contributed by atoms with E-state index < -0.39 is 29.8 Å². The standard InChI is InChI=1S/C13H16FN3O4/c1-6-4-8(15)5-9(10(6)14)12(19)21-7(2)11(18)17-13(20)16-3/h4-5,7H,15H2,1-3H3,(H2,16,17,18,20). The summed E-state index contributed by atoms with van der Waals surface area (Å²) >= 11 is 0. The average Bonchev–Trinajstić information content (AvgIpc) is 2.42. The quantitative estimate of drug-likeness (QED) is 0.562. The number of nitrogens with one attached hydrogen (secondary N) is 2. The van der Waals surface area contributed by atoms with Crippen molar-refractivity contribution >= 4 is 23.6 Å². The molecule has 4 N–H and O–H groups in total. The van der Waals surface area contributed by atoms with E-state index in [-0.39, 0.29) is 16.8 Å². The summed E-state index contributed by atoms with van der Waals surface area (Å²) in [6, 6.07) is 1.75. The van der Waals surface area contributed by atoms with Gasteiger partial charge in [-0.25, -0.2) is 14.0 Å². The summed E-state index contributed by atoms with van der Waals surface area (Å²) in [6.45, 7) is 2.71. The minimum atomic E-state index is -1.27. The zero-order valence-electron chi connectivity index (χ0n) is 11.8. The number of halogens is 1. The third kappa shape index (κ3) is 4.16. The maximum absolute atomic E-state index is 13.8. The fraction of sp³-hybridized carbons (Fsp3) is 0.308. The van der Waals surface area contributed by atoms with Crippen LogP contribution in [0.15, 0.2) is 12.1 Å². The number of benzene rings is 1. The lowest BCUT2D eigenvalue weighted by Gasteiger charge is -2.13. The number of nitrogen functional groups attached to an aromatic ring is 1. The second kappa shape index (κ2) is 6.69. The van der Waals surface area contributed by atoms with Crippen molar-refractivity contribution in [2.24, 2.45) is 0 Å². The molecule has 0 aliphatic carbocycles. The van der Waals surface area contributed by atoms with Gasteiger partial charge in [-0.1, -0.05) is 0 Å². The number of amides is 3. The van der Waals surface area contributed by atoms with Gasteiger partial charge in [-0.2, -0.15) is 0 Å². The van der Waals surface area contributed by atoms with E-state index in [1.54, 1.807) is 0 Å². The molecule has 0 aliphatic heterocycles. The van der Waals surface area contributed by atoms with Gasteiger partial charge >= 0.3 is 12.0 Å². The zero-order valence-corrected chi connectivity index (χ0v) is 11.8. The lowest BCUT2D eigenvalue weighted by molar-refractivity contribution is -0.127. The fourth-order valence-electron chi connectivity index (χ4n) is 1.50. The van der Waals surface area contributed by atoms with Crippen LogP contribution in [0.25, 0.3) is 0 Å². The van der Waals surface area contributed by atoms with Crippen molar-refractivity contribution in [3.63, 3.8) is 0 Å². The van der Waals surface area contributed by atoms with Crippen LogP contribution in [0.4, 0.5) is 14.9 Å². The number of esters is 1. The molecule has 0 saturated carbocycles. The number of hydrogen-bond donors (Lipinski definition) is 3. The summed E-state index contributed by atoms with van der Waals surface area (Å²) in [6.07, 6.45) is -1.27. The Morgan fingerprint density at radius 3 is 2.52 bits per heavy atom. The van der Waals surface area contributed by atoms with Crippen LogP contribution in [0.2, 0.25) is 0 Å². The van der Waals surface area contributed by atoms with Gasteiger partial charge in [0.25, 0.3) is 5.91 Å². The molecule has 0 heterocycles. The van der Waals surface area contributed by atoms with Crippen LogP contribution in [0, 0.1) is 12.7 Å². The molecule has 0 radical (unpaired) electrons. The molecular formula is C13H16FN3O4. The summed E-state index contributed by atoms with van der Waals surface area (Å²) in [5.41, 5.74) is 5.55. The van der Waals surface area contributed by atoms with E-state index >= 15 is 0 Å². The van der Waals surface area contributed by atoms with E-state index in [0.29, 0.717) is 0 Å². The zero-order chi connectivity index (χ0) is 16.2. The van der Waals surface area contributed by atoms with Crippen molar-refractivity contribution in [3.05, 3.63) is 29.1 Å². The highest BCUT2D eigenvalue weighted by Crippen LogP contribution is 2.18. The second-order valence-corrected chi connectivity index (χ2v) is 4.32. The van der Waals surface area contributed by atoms with Crippen LogP contribution in [-0.4, -0.2) is 31.1 Å². The molecule has 1 aromatic rings. The number of nitrogens with two attached hydrogens (primary N) is 1. The van der Waals surface area contributed by atoms with E-state index in [9.17, 15) is 18.8 Å². The number of aryl methyl sites for hydroxylation is 1. The first-order valence-electron chi connectivity index (χ1n) is 6.05. The first-order valence-corrected chi connectivity index (χ1v) is 6.05. The summed E-state index contributed by atoms with van der Waals surface area (Å²) in [4.78, 5) is 34.3. The van der Waals surface area contributed by atoms with Gasteiger partial charge in [-0.3, -0.25) is 10.1 Å². The topological polar surface area (TPSA) is 111 Å². The van der Waals surface area contributed by atoms with Crippen LogP contribution in [0.5, 0.6) is 0 Å². The molecule has 21 heavy (non-hydrogen) atoms. The molecule has 1 unspecified atom stereocenters. The van der Waals surface area contributed by atoms with E-state index in [2.05, 4.69) is 5.32 Å². The van der Waals surface area contributed by atoms with Gasteiger partial charge in [0, 0.05) is 12.7 Å². The molecule has 0 saturated heterocycles. The maximum Gasteiger partial charge on any atom is 0.341 e. The minimum absolute atomic E-state index is 0.185. The highest BCUT2D eigenvalue weighted by atomic mass is 19.1. The Bertz CT molecular complexity index is 589. The van der Waals surface area contributed by atoms with E-state index in [0.717, 1.165) is 6.07 Å². The second-order valence-electron chi connectivity index (χ2n) is 4.32. The molecule has 1 aromatic carbocycles. The van der Waals surface area contributed by atoms with Crippen molar-refractivity contribution in [2.75, 3.05) is 12.8 Å². The van der Waals surface area contributed by atoms with Gasteiger partial charge in [0.05, 0.1) is 5.56 Å². The van der Waals surface area contributed by atoms with Gasteiger partial charge in [-0.05, 0) is 31.5 Å². The molecule has 0 bridgehead atoms. The third-order valence-electron chi connectivity index (χ3n) is 2.61. The SMILES string of the molecule is CNC(=O)NC(=O)C(C)OC(=O)c1cc(N)cc(C)c1F. The molecule has 114 valence electrons. The van der Waals surface area contributed by atoms with Gasteiger partial charge in [0.2, 0.25) is 0 Å². The maximum atomic E-state index is 13.8. The number of imide groups is 1. The van der Waals surface area contributed by atoms with Crippen LogP contribution >= 0.6 is 0 Å². The predicted octanol–water partition coefficient (Wildman–Crippen LogP) is 0.717. The van der Waals surface area contributed by atoms with Gasteiger partial charge in [0.1, 0.15) is 5.82 Å². The minimum Gasteiger partial charge on any atom is -0.449 e. The lowest BCUT2D eigenvalue weighted by Crippen LogP contribution is -2.43. The summed E-state index contributed by atoms with van der Waals surface area (Å²) in [7, 11) is 1.32. The van der Waals surface area contributed by atoms with Crippen molar-refractivity contribution in [3.8, 4) is 0 Å². The molecule has 0 spiro atoms. The van der Waals surface area contributed by atoms with E-state index in [4.69, 9.17) is 10.5 Å². The Labute approximate surface area is 120 Å². The van der Waals surface area contributed by atoms with Crippen molar-refractivity contribution in [1.29, 1.82) is 0 Å². The lowest BCUT2D eigenvalue weighted by atomic mass is 10.1. The van der Waals surface area contributed by atoms with Gasteiger partial charge < -0.3 is 15.8 Å². The smallest absolute Gasteiger partial charge is 0.341 e. The van der Waals surface area contributed by atoms with E-state index in [1.807, 2.05) is 5.32 Å². The summed E-state index contributed by atoms with van der Waals surface area (Å²) in [5.74, 6) is -2.64. The van der Waals surface area contributed by atoms with Crippen LogP contribution in [0.3, 0.4) is 0 Å². The van der Waals surface area contributed by atoms with Crippen LogP contribution in [0.1, 0.15) is 22.8 Å². The molecule has 8 heteroatoms. The predicted molar refractivity (Wildman–Crippen MR) is 73.0 cm³/mol. The normalized spacial score (nSPS) is 11.4. The Kier molecular flexibility index (Phi) is 5.23. The van der Waals surface area contributed by atoms with Gasteiger partial charge in [-0.15, -0.1) is 0 Å². The number of carbonyl (C=O) groups excluding carboxylic acids is 3. The number of hydrogen-bond acceptors (Lipinski definition) is 5. The highest BCUT2D eigenvalue weighted by Gasteiger charge is 2.23. The molecular weight excluding hydrogens is 281 g/mol.